The summed E-state index contributed by atoms with van der Waals surface area (Å²) in [5.41, 5.74) is 4.66. The summed E-state index contributed by atoms with van der Waals surface area (Å²) in [6.45, 7) is 5.66. The van der Waals surface area contributed by atoms with E-state index in [9.17, 15) is 0 Å². The molecule has 2 unspecified atom stereocenters. The van der Waals surface area contributed by atoms with Crippen molar-refractivity contribution in [2.24, 2.45) is 5.92 Å². The average Bonchev–Trinajstić information content (AvgIpc) is 2.41. The highest BCUT2D eigenvalue weighted by Gasteiger charge is 2.33. The van der Waals surface area contributed by atoms with Crippen molar-refractivity contribution in [3.63, 3.8) is 0 Å². The Morgan fingerprint density at radius 1 is 1.32 bits per heavy atom. The number of benzene rings is 1. The summed E-state index contributed by atoms with van der Waals surface area (Å²) in [6.07, 6.45) is 5.18. The van der Waals surface area contributed by atoms with Crippen molar-refractivity contribution in [3.8, 4) is 5.75 Å². The second kappa shape index (κ2) is 5.16. The van der Waals surface area contributed by atoms with Gasteiger partial charge in [-0.05, 0) is 66.3 Å². The lowest BCUT2D eigenvalue weighted by Gasteiger charge is -2.40. The fourth-order valence-corrected chi connectivity index (χ4v) is 3.89. The first kappa shape index (κ1) is 13.0. The van der Waals surface area contributed by atoms with Gasteiger partial charge in [0.1, 0.15) is 5.75 Å². The van der Waals surface area contributed by atoms with Crippen molar-refractivity contribution in [2.75, 3.05) is 7.11 Å². The summed E-state index contributed by atoms with van der Waals surface area (Å²) >= 11 is 0. The van der Waals surface area contributed by atoms with Gasteiger partial charge in [-0.3, -0.25) is 0 Å². The number of methoxy groups -OCH3 is 1. The highest BCUT2D eigenvalue weighted by molar-refractivity contribution is 5.47. The molecule has 2 heteroatoms. The van der Waals surface area contributed by atoms with Crippen LogP contribution in [0.15, 0.2) is 12.1 Å². The molecule has 0 amide bonds. The van der Waals surface area contributed by atoms with Gasteiger partial charge >= 0.3 is 0 Å². The van der Waals surface area contributed by atoms with E-state index in [1.807, 2.05) is 0 Å². The molecular formula is C17H25NO. The molecule has 0 saturated carbocycles. The van der Waals surface area contributed by atoms with Crippen molar-refractivity contribution >= 4 is 0 Å². The van der Waals surface area contributed by atoms with Gasteiger partial charge in [-0.1, -0.05) is 13.8 Å². The maximum absolute atomic E-state index is 5.45. The second-order valence-electron chi connectivity index (χ2n) is 6.47. The number of hydrogen-bond donors (Lipinski definition) is 1. The zero-order chi connectivity index (χ0) is 13.4. The van der Waals surface area contributed by atoms with Gasteiger partial charge in [0.15, 0.2) is 0 Å². The smallest absolute Gasteiger partial charge is 0.119 e. The van der Waals surface area contributed by atoms with Gasteiger partial charge in [0, 0.05) is 12.6 Å². The Labute approximate surface area is 116 Å². The van der Waals surface area contributed by atoms with Crippen molar-refractivity contribution in [1.82, 2.24) is 5.32 Å². The molecule has 19 heavy (non-hydrogen) atoms. The number of nitrogens with one attached hydrogen (secondary N) is 1. The molecule has 3 rings (SSSR count). The highest BCUT2D eigenvalue weighted by Crippen LogP contribution is 2.42. The number of hydrogen-bond acceptors (Lipinski definition) is 2. The summed E-state index contributed by atoms with van der Waals surface area (Å²) in [7, 11) is 1.77. The van der Waals surface area contributed by atoms with E-state index in [2.05, 4.69) is 31.3 Å². The summed E-state index contributed by atoms with van der Waals surface area (Å²) < 4.78 is 5.45. The first-order chi connectivity index (χ1) is 9.19. The summed E-state index contributed by atoms with van der Waals surface area (Å²) in [5.74, 6) is 2.52. The Morgan fingerprint density at radius 3 is 2.84 bits per heavy atom. The zero-order valence-electron chi connectivity index (χ0n) is 12.3. The predicted octanol–water partition coefficient (Wildman–Crippen LogP) is 3.63. The topological polar surface area (TPSA) is 21.3 Å². The van der Waals surface area contributed by atoms with E-state index in [4.69, 9.17) is 4.74 Å². The molecule has 1 aromatic rings. The van der Waals surface area contributed by atoms with E-state index in [-0.39, 0.29) is 0 Å². The molecule has 2 nitrogen and oxygen atoms in total. The van der Waals surface area contributed by atoms with Crippen LogP contribution in [0.4, 0.5) is 0 Å². The molecular weight excluding hydrogens is 234 g/mol. The lowest BCUT2D eigenvalue weighted by atomic mass is 9.72. The van der Waals surface area contributed by atoms with Crippen LogP contribution in [-0.4, -0.2) is 13.2 Å². The molecule has 1 aliphatic heterocycles. The minimum atomic E-state index is 0.667. The molecule has 0 fully saturated rings. The van der Waals surface area contributed by atoms with E-state index in [0.717, 1.165) is 24.1 Å². The molecule has 0 radical (unpaired) electrons. The van der Waals surface area contributed by atoms with Crippen LogP contribution in [-0.2, 0) is 13.0 Å². The number of rotatable bonds is 3. The van der Waals surface area contributed by atoms with Gasteiger partial charge in [0.05, 0.1) is 7.11 Å². The second-order valence-corrected chi connectivity index (χ2v) is 6.47. The van der Waals surface area contributed by atoms with Gasteiger partial charge in [0.2, 0.25) is 0 Å². The quantitative estimate of drug-likeness (QED) is 0.895. The minimum Gasteiger partial charge on any atom is -0.497 e. The van der Waals surface area contributed by atoms with Crippen LogP contribution in [0.3, 0.4) is 0 Å². The monoisotopic (exact) mass is 259 g/mol. The van der Waals surface area contributed by atoms with Crippen LogP contribution in [0.5, 0.6) is 5.75 Å². The third-order valence-corrected chi connectivity index (χ3v) is 4.66. The molecule has 1 heterocycles. The normalized spacial score (nSPS) is 25.3. The van der Waals surface area contributed by atoms with Crippen LogP contribution >= 0.6 is 0 Å². The Kier molecular flexibility index (Phi) is 3.53. The molecule has 2 atom stereocenters. The van der Waals surface area contributed by atoms with Crippen LogP contribution in [0, 0.1) is 5.92 Å². The third kappa shape index (κ3) is 2.38. The zero-order valence-corrected chi connectivity index (χ0v) is 12.3. The fraction of sp³-hybridized carbons (Fsp3) is 0.647. The van der Waals surface area contributed by atoms with E-state index >= 15 is 0 Å². The van der Waals surface area contributed by atoms with E-state index in [1.54, 1.807) is 18.2 Å². The average molecular weight is 259 g/mol. The molecule has 1 aliphatic carbocycles. The molecule has 0 spiro atoms. The number of ether oxygens (including phenoxy) is 1. The molecule has 1 aromatic carbocycles. The van der Waals surface area contributed by atoms with Gasteiger partial charge in [0.25, 0.3) is 0 Å². The van der Waals surface area contributed by atoms with E-state index < -0.39 is 0 Å². The van der Waals surface area contributed by atoms with Crippen molar-refractivity contribution in [1.29, 1.82) is 0 Å². The third-order valence-electron chi connectivity index (χ3n) is 4.66. The van der Waals surface area contributed by atoms with Crippen LogP contribution in [0.1, 0.15) is 55.7 Å². The minimum absolute atomic E-state index is 0.667. The Balaban J connectivity index is 1.98. The van der Waals surface area contributed by atoms with Crippen molar-refractivity contribution < 1.29 is 4.74 Å². The summed E-state index contributed by atoms with van der Waals surface area (Å²) in [6, 6.07) is 5.17. The molecule has 0 saturated heterocycles. The molecule has 2 aliphatic rings. The maximum atomic E-state index is 5.45. The lowest BCUT2D eigenvalue weighted by molar-refractivity contribution is 0.315. The fourth-order valence-electron chi connectivity index (χ4n) is 3.89. The summed E-state index contributed by atoms with van der Waals surface area (Å²) in [4.78, 5) is 0. The molecule has 0 bridgehead atoms. The highest BCUT2D eigenvalue weighted by atomic mass is 16.5. The first-order valence-electron chi connectivity index (χ1n) is 7.62. The van der Waals surface area contributed by atoms with E-state index in [1.165, 1.54) is 31.2 Å². The van der Waals surface area contributed by atoms with Crippen LogP contribution in [0.25, 0.3) is 0 Å². The molecule has 0 aromatic heterocycles. The van der Waals surface area contributed by atoms with Crippen LogP contribution < -0.4 is 10.1 Å². The van der Waals surface area contributed by atoms with Crippen LogP contribution in [0.2, 0.25) is 0 Å². The van der Waals surface area contributed by atoms with Gasteiger partial charge in [-0.15, -0.1) is 0 Å². The van der Waals surface area contributed by atoms with Gasteiger partial charge in [-0.2, -0.15) is 0 Å². The van der Waals surface area contributed by atoms with Crippen molar-refractivity contribution in [3.05, 3.63) is 28.8 Å². The maximum Gasteiger partial charge on any atom is 0.119 e. The molecule has 1 N–H and O–H groups in total. The standard InChI is InChI=1S/C17H25NO/c1-11(2)7-16-15-6-4-5-12-8-14(19-3)9-13(10-18-16)17(12)15/h8-9,11,15-16,18H,4-7,10H2,1-3H3. The van der Waals surface area contributed by atoms with E-state index in [0.29, 0.717) is 6.04 Å². The Hall–Kier alpha value is -1.02. The largest absolute Gasteiger partial charge is 0.497 e. The first-order valence-corrected chi connectivity index (χ1v) is 7.62. The summed E-state index contributed by atoms with van der Waals surface area (Å²) in [5, 5.41) is 3.76. The van der Waals surface area contributed by atoms with Gasteiger partial charge in [-0.25, -0.2) is 0 Å². The van der Waals surface area contributed by atoms with Gasteiger partial charge < -0.3 is 10.1 Å². The molecule has 104 valence electrons. The lowest BCUT2D eigenvalue weighted by Crippen LogP contribution is -2.42. The van der Waals surface area contributed by atoms with Crippen molar-refractivity contribution in [2.45, 2.75) is 58.0 Å². The predicted molar refractivity (Wildman–Crippen MR) is 78.8 cm³/mol. The Morgan fingerprint density at radius 2 is 2.11 bits per heavy atom. The SMILES string of the molecule is COc1cc2c3c(c1)CNC(CC(C)C)C3CCC2. The Bertz CT molecular complexity index is 449. The number of aryl methyl sites for hydroxylation is 1.